The number of amides is 2. The summed E-state index contributed by atoms with van der Waals surface area (Å²) in [5.74, 6) is -0.497. The van der Waals surface area contributed by atoms with Gasteiger partial charge in [0.25, 0.3) is 5.91 Å². The van der Waals surface area contributed by atoms with Crippen LogP contribution in [0.3, 0.4) is 0 Å². The number of likely N-dealkylation sites (N-methyl/N-ethyl adjacent to an activating group) is 1. The van der Waals surface area contributed by atoms with E-state index in [9.17, 15) is 9.59 Å². The van der Waals surface area contributed by atoms with Gasteiger partial charge in [-0.25, -0.2) is 0 Å². The van der Waals surface area contributed by atoms with Gasteiger partial charge in [0.2, 0.25) is 11.8 Å². The highest BCUT2D eigenvalue weighted by molar-refractivity contribution is 6.29. The van der Waals surface area contributed by atoms with Crippen LogP contribution in [0.2, 0.25) is 5.15 Å². The minimum atomic E-state index is -0.363. The molecule has 2 rings (SSSR count). The fourth-order valence-corrected chi connectivity index (χ4v) is 2.27. The lowest BCUT2D eigenvalue weighted by molar-refractivity contribution is -0.135. The fourth-order valence-electron chi connectivity index (χ4n) is 2.14. The number of para-hydroxylation sites is 1. The van der Waals surface area contributed by atoms with Crippen molar-refractivity contribution in [3.8, 4) is 5.88 Å². The molecule has 8 heteroatoms. The van der Waals surface area contributed by atoms with Crippen LogP contribution >= 0.6 is 11.6 Å². The number of ether oxygens (including phenoxy) is 1. The van der Waals surface area contributed by atoms with Crippen LogP contribution in [0, 0.1) is 13.8 Å². The number of nitrogens with zero attached hydrogens (tertiary/aromatic N) is 3. The van der Waals surface area contributed by atoms with Crippen LogP contribution in [0.15, 0.2) is 30.6 Å². The van der Waals surface area contributed by atoms with Crippen LogP contribution in [0.4, 0.5) is 5.69 Å². The van der Waals surface area contributed by atoms with Crippen molar-refractivity contribution in [3.05, 3.63) is 46.9 Å². The summed E-state index contributed by atoms with van der Waals surface area (Å²) < 4.78 is 5.23. The van der Waals surface area contributed by atoms with Crippen LogP contribution in [0.25, 0.3) is 0 Å². The number of carbonyl (C=O) groups is 2. The monoisotopic (exact) mass is 362 g/mol. The fraction of sp³-hybridized carbons (Fsp3) is 0.294. The summed E-state index contributed by atoms with van der Waals surface area (Å²) in [5.41, 5.74) is 2.69. The van der Waals surface area contributed by atoms with Crippen LogP contribution in [-0.4, -0.2) is 46.9 Å². The minimum absolute atomic E-state index is 0.0861. The highest BCUT2D eigenvalue weighted by atomic mass is 35.5. The van der Waals surface area contributed by atoms with Crippen molar-refractivity contribution in [2.75, 3.05) is 25.5 Å². The molecule has 1 N–H and O–H groups in total. The van der Waals surface area contributed by atoms with E-state index in [1.165, 1.54) is 24.3 Å². The predicted octanol–water partition coefficient (Wildman–Crippen LogP) is 2.22. The molecule has 0 aliphatic carbocycles. The van der Waals surface area contributed by atoms with Crippen LogP contribution in [0.5, 0.6) is 5.88 Å². The first-order valence-corrected chi connectivity index (χ1v) is 7.95. The van der Waals surface area contributed by atoms with E-state index in [4.69, 9.17) is 16.3 Å². The maximum absolute atomic E-state index is 12.2. The van der Waals surface area contributed by atoms with Crippen molar-refractivity contribution in [2.45, 2.75) is 13.8 Å². The van der Waals surface area contributed by atoms with E-state index in [0.29, 0.717) is 0 Å². The van der Waals surface area contributed by atoms with Gasteiger partial charge in [0.1, 0.15) is 0 Å². The number of hydrogen-bond acceptors (Lipinski definition) is 5. The number of hydrogen-bond donors (Lipinski definition) is 1. The molecule has 0 saturated carbocycles. The Labute approximate surface area is 151 Å². The number of nitrogens with one attached hydrogen (secondary N) is 1. The Bertz CT molecular complexity index is 762. The summed E-state index contributed by atoms with van der Waals surface area (Å²) in [6.07, 6.45) is 2.72. The van der Waals surface area contributed by atoms with Crippen molar-refractivity contribution in [2.24, 2.45) is 0 Å². The summed E-state index contributed by atoms with van der Waals surface area (Å²) >= 11 is 5.69. The largest absolute Gasteiger partial charge is 0.466 e. The minimum Gasteiger partial charge on any atom is -0.466 e. The lowest BCUT2D eigenvalue weighted by atomic mass is 10.1. The van der Waals surface area contributed by atoms with Gasteiger partial charge in [0.15, 0.2) is 11.8 Å². The Morgan fingerprint density at radius 2 is 1.92 bits per heavy atom. The van der Waals surface area contributed by atoms with E-state index in [0.717, 1.165) is 16.8 Å². The molecule has 1 aromatic carbocycles. The maximum atomic E-state index is 12.2. The van der Waals surface area contributed by atoms with Gasteiger partial charge in [-0.2, -0.15) is 4.98 Å². The van der Waals surface area contributed by atoms with Crippen molar-refractivity contribution >= 4 is 29.1 Å². The second-order valence-electron chi connectivity index (χ2n) is 5.53. The molecule has 2 aromatic rings. The summed E-state index contributed by atoms with van der Waals surface area (Å²) in [6, 6.07) is 5.75. The number of benzene rings is 1. The molecule has 0 fully saturated rings. The molecule has 0 atom stereocenters. The first-order valence-electron chi connectivity index (χ1n) is 7.57. The maximum Gasteiger partial charge on any atom is 0.260 e. The van der Waals surface area contributed by atoms with Crippen molar-refractivity contribution in [1.82, 2.24) is 14.9 Å². The lowest BCUT2D eigenvalue weighted by Crippen LogP contribution is -2.37. The van der Waals surface area contributed by atoms with Crippen LogP contribution in [-0.2, 0) is 9.59 Å². The number of aryl methyl sites for hydroxylation is 2. The Kier molecular flexibility index (Phi) is 6.30. The van der Waals surface area contributed by atoms with Gasteiger partial charge in [0, 0.05) is 12.7 Å². The van der Waals surface area contributed by atoms with E-state index in [-0.39, 0.29) is 36.0 Å². The SMILES string of the molecule is Cc1cccc(C)c1NC(=O)CN(C)C(=O)COc1cncc(Cl)n1. The molecule has 0 saturated heterocycles. The highest BCUT2D eigenvalue weighted by Gasteiger charge is 2.15. The molecule has 1 aromatic heterocycles. The van der Waals surface area contributed by atoms with E-state index in [2.05, 4.69) is 15.3 Å². The van der Waals surface area contributed by atoms with Gasteiger partial charge < -0.3 is 15.0 Å². The summed E-state index contributed by atoms with van der Waals surface area (Å²) in [6.45, 7) is 3.48. The molecule has 0 radical (unpaired) electrons. The first kappa shape index (κ1) is 18.7. The summed E-state index contributed by atoms with van der Waals surface area (Å²) in [7, 11) is 1.53. The highest BCUT2D eigenvalue weighted by Crippen LogP contribution is 2.19. The van der Waals surface area contributed by atoms with Gasteiger partial charge >= 0.3 is 0 Å². The van der Waals surface area contributed by atoms with Crippen molar-refractivity contribution < 1.29 is 14.3 Å². The normalized spacial score (nSPS) is 10.2. The molecule has 7 nitrogen and oxygen atoms in total. The second-order valence-corrected chi connectivity index (χ2v) is 5.92. The number of aromatic nitrogens is 2. The third kappa shape index (κ3) is 5.42. The predicted molar refractivity (Wildman–Crippen MR) is 94.7 cm³/mol. The van der Waals surface area contributed by atoms with Crippen molar-refractivity contribution in [1.29, 1.82) is 0 Å². The Hall–Kier alpha value is -2.67. The number of carbonyl (C=O) groups excluding carboxylic acids is 2. The molecule has 0 aliphatic rings. The number of halogens is 1. The topological polar surface area (TPSA) is 84.4 Å². The smallest absolute Gasteiger partial charge is 0.260 e. The van der Waals surface area contributed by atoms with E-state index >= 15 is 0 Å². The third-order valence-electron chi connectivity index (χ3n) is 3.48. The van der Waals surface area contributed by atoms with Gasteiger partial charge in [-0.15, -0.1) is 0 Å². The zero-order valence-corrected chi connectivity index (χ0v) is 15.0. The van der Waals surface area contributed by atoms with Gasteiger partial charge in [0.05, 0.1) is 18.9 Å². The Morgan fingerprint density at radius 3 is 2.56 bits per heavy atom. The number of rotatable bonds is 6. The standard InChI is InChI=1S/C17H19ClN4O3/c1-11-5-4-6-12(2)17(11)21-14(23)9-22(3)16(24)10-25-15-8-19-7-13(18)20-15/h4-8H,9-10H2,1-3H3,(H,21,23). The van der Waals surface area contributed by atoms with Gasteiger partial charge in [-0.1, -0.05) is 29.8 Å². The number of anilines is 1. The molecule has 132 valence electrons. The first-order chi connectivity index (χ1) is 11.9. The molecule has 1 heterocycles. The second kappa shape index (κ2) is 8.43. The summed E-state index contributed by atoms with van der Waals surface area (Å²) in [4.78, 5) is 33.2. The van der Waals surface area contributed by atoms with Crippen LogP contribution in [0.1, 0.15) is 11.1 Å². The van der Waals surface area contributed by atoms with Gasteiger partial charge in [-0.05, 0) is 25.0 Å². The molecular weight excluding hydrogens is 344 g/mol. The van der Waals surface area contributed by atoms with E-state index < -0.39 is 0 Å². The molecular formula is C17H19ClN4O3. The zero-order chi connectivity index (χ0) is 18.4. The molecule has 0 aliphatic heterocycles. The molecule has 0 spiro atoms. The van der Waals surface area contributed by atoms with E-state index in [1.807, 2.05) is 32.0 Å². The average Bonchev–Trinajstić information content (AvgIpc) is 2.56. The molecule has 2 amide bonds. The lowest BCUT2D eigenvalue weighted by Gasteiger charge is -2.18. The third-order valence-corrected chi connectivity index (χ3v) is 3.66. The van der Waals surface area contributed by atoms with Crippen LogP contribution < -0.4 is 10.1 Å². The molecule has 0 bridgehead atoms. The average molecular weight is 363 g/mol. The van der Waals surface area contributed by atoms with Gasteiger partial charge in [-0.3, -0.25) is 14.6 Å². The quantitative estimate of drug-likeness (QED) is 0.851. The van der Waals surface area contributed by atoms with Crippen molar-refractivity contribution in [3.63, 3.8) is 0 Å². The Balaban J connectivity index is 1.87. The zero-order valence-electron chi connectivity index (χ0n) is 14.2. The Morgan fingerprint density at radius 1 is 1.24 bits per heavy atom. The summed E-state index contributed by atoms with van der Waals surface area (Å²) in [5, 5.41) is 3.00. The molecule has 25 heavy (non-hydrogen) atoms. The molecule has 0 unspecified atom stereocenters. The van der Waals surface area contributed by atoms with E-state index in [1.54, 1.807) is 0 Å².